The second kappa shape index (κ2) is 10.00. The van der Waals surface area contributed by atoms with Crippen molar-refractivity contribution in [2.24, 2.45) is 4.99 Å². The summed E-state index contributed by atoms with van der Waals surface area (Å²) < 4.78 is 13.0. The van der Waals surface area contributed by atoms with E-state index in [1.54, 1.807) is 19.2 Å². The van der Waals surface area contributed by atoms with Crippen molar-refractivity contribution in [3.8, 4) is 0 Å². The SMILES string of the molecule is CCC(C)NC(=NC)NCCc1cccc(F)c1.I. The van der Waals surface area contributed by atoms with Gasteiger partial charge in [0.15, 0.2) is 5.96 Å². The molecule has 0 aromatic heterocycles. The first kappa shape index (κ1) is 18.1. The topological polar surface area (TPSA) is 36.4 Å². The largest absolute Gasteiger partial charge is 0.356 e. The van der Waals surface area contributed by atoms with Gasteiger partial charge in [-0.05, 0) is 37.5 Å². The van der Waals surface area contributed by atoms with Crippen LogP contribution in [0.25, 0.3) is 0 Å². The van der Waals surface area contributed by atoms with Crippen LogP contribution in [-0.2, 0) is 6.42 Å². The van der Waals surface area contributed by atoms with Crippen LogP contribution in [0.1, 0.15) is 25.8 Å². The lowest BCUT2D eigenvalue weighted by Gasteiger charge is -2.16. The van der Waals surface area contributed by atoms with Crippen LogP contribution in [0.5, 0.6) is 0 Å². The molecule has 19 heavy (non-hydrogen) atoms. The molecule has 0 saturated carbocycles. The maximum absolute atomic E-state index is 13.0. The van der Waals surface area contributed by atoms with E-state index in [0.29, 0.717) is 6.04 Å². The number of aliphatic imine (C=N–C) groups is 1. The van der Waals surface area contributed by atoms with E-state index >= 15 is 0 Å². The summed E-state index contributed by atoms with van der Waals surface area (Å²) in [5, 5.41) is 6.50. The van der Waals surface area contributed by atoms with E-state index in [9.17, 15) is 4.39 Å². The number of hydrogen-bond acceptors (Lipinski definition) is 1. The van der Waals surface area contributed by atoms with Crippen LogP contribution < -0.4 is 10.6 Å². The zero-order valence-electron chi connectivity index (χ0n) is 11.7. The third kappa shape index (κ3) is 7.34. The van der Waals surface area contributed by atoms with Crippen LogP contribution in [0.4, 0.5) is 4.39 Å². The summed E-state index contributed by atoms with van der Waals surface area (Å²) in [6.45, 7) is 4.97. The Kier molecular flexibility index (Phi) is 9.55. The average molecular weight is 379 g/mol. The zero-order valence-corrected chi connectivity index (χ0v) is 14.1. The molecule has 2 N–H and O–H groups in total. The summed E-state index contributed by atoms with van der Waals surface area (Å²) in [4.78, 5) is 4.15. The van der Waals surface area contributed by atoms with Gasteiger partial charge in [0.25, 0.3) is 0 Å². The molecule has 0 bridgehead atoms. The maximum Gasteiger partial charge on any atom is 0.191 e. The fraction of sp³-hybridized carbons (Fsp3) is 0.500. The molecular weight excluding hydrogens is 356 g/mol. The van der Waals surface area contributed by atoms with Gasteiger partial charge in [-0.15, -0.1) is 24.0 Å². The van der Waals surface area contributed by atoms with E-state index in [4.69, 9.17) is 0 Å². The van der Waals surface area contributed by atoms with E-state index < -0.39 is 0 Å². The van der Waals surface area contributed by atoms with E-state index in [2.05, 4.69) is 29.5 Å². The van der Waals surface area contributed by atoms with E-state index in [0.717, 1.165) is 30.9 Å². The van der Waals surface area contributed by atoms with Gasteiger partial charge in [0.05, 0.1) is 0 Å². The first-order valence-electron chi connectivity index (χ1n) is 6.37. The lowest BCUT2D eigenvalue weighted by Crippen LogP contribution is -2.42. The Morgan fingerprint density at radius 3 is 2.74 bits per heavy atom. The highest BCUT2D eigenvalue weighted by Gasteiger charge is 2.02. The van der Waals surface area contributed by atoms with Gasteiger partial charge in [0.1, 0.15) is 5.82 Å². The van der Waals surface area contributed by atoms with E-state index in [-0.39, 0.29) is 29.8 Å². The van der Waals surface area contributed by atoms with Crippen LogP contribution in [0.2, 0.25) is 0 Å². The van der Waals surface area contributed by atoms with Gasteiger partial charge in [0, 0.05) is 19.6 Å². The Morgan fingerprint density at radius 2 is 2.16 bits per heavy atom. The molecule has 0 saturated heterocycles. The number of benzene rings is 1. The van der Waals surface area contributed by atoms with Gasteiger partial charge >= 0.3 is 0 Å². The molecule has 0 radical (unpaired) electrons. The van der Waals surface area contributed by atoms with Gasteiger partial charge in [0.2, 0.25) is 0 Å². The minimum atomic E-state index is -0.186. The Hall–Kier alpha value is -0.850. The fourth-order valence-corrected chi connectivity index (χ4v) is 1.55. The molecule has 1 atom stereocenters. The van der Waals surface area contributed by atoms with Crippen LogP contribution in [0, 0.1) is 5.82 Å². The van der Waals surface area contributed by atoms with E-state index in [1.807, 2.05) is 6.07 Å². The van der Waals surface area contributed by atoms with Crippen molar-refractivity contribution in [1.29, 1.82) is 0 Å². The van der Waals surface area contributed by atoms with Crippen molar-refractivity contribution in [2.75, 3.05) is 13.6 Å². The monoisotopic (exact) mass is 379 g/mol. The normalized spacial score (nSPS) is 12.5. The van der Waals surface area contributed by atoms with Crippen molar-refractivity contribution in [1.82, 2.24) is 10.6 Å². The molecule has 0 fully saturated rings. The molecule has 0 heterocycles. The number of rotatable bonds is 5. The molecule has 0 spiro atoms. The van der Waals surface area contributed by atoms with Gasteiger partial charge in [-0.2, -0.15) is 0 Å². The lowest BCUT2D eigenvalue weighted by atomic mass is 10.1. The highest BCUT2D eigenvalue weighted by molar-refractivity contribution is 14.0. The second-order valence-corrected chi connectivity index (χ2v) is 4.33. The molecule has 0 aliphatic carbocycles. The Bertz CT molecular complexity index is 396. The Morgan fingerprint density at radius 1 is 1.42 bits per heavy atom. The Labute approximate surface area is 132 Å². The molecule has 108 valence electrons. The van der Waals surface area contributed by atoms with Crippen LogP contribution in [-0.4, -0.2) is 25.6 Å². The highest BCUT2D eigenvalue weighted by atomic mass is 127. The molecule has 3 nitrogen and oxygen atoms in total. The maximum atomic E-state index is 13.0. The predicted molar refractivity (Wildman–Crippen MR) is 89.8 cm³/mol. The standard InChI is InChI=1S/C14H22FN3.HI/c1-4-11(2)18-14(16-3)17-9-8-12-6-5-7-13(15)10-12;/h5-7,10-11H,4,8-9H2,1-3H3,(H2,16,17,18);1H. The molecule has 1 aromatic carbocycles. The third-order valence-corrected chi connectivity index (χ3v) is 2.81. The molecule has 5 heteroatoms. The average Bonchev–Trinajstić information content (AvgIpc) is 2.37. The number of hydrogen-bond donors (Lipinski definition) is 2. The van der Waals surface area contributed by atoms with Crippen molar-refractivity contribution in [2.45, 2.75) is 32.7 Å². The van der Waals surface area contributed by atoms with Crippen LogP contribution in [0.15, 0.2) is 29.3 Å². The Balaban J connectivity index is 0.00000324. The summed E-state index contributed by atoms with van der Waals surface area (Å²) in [6, 6.07) is 7.07. The number of nitrogens with zero attached hydrogens (tertiary/aromatic N) is 1. The fourth-order valence-electron chi connectivity index (χ4n) is 1.55. The summed E-state index contributed by atoms with van der Waals surface area (Å²) in [5.74, 6) is 0.607. The number of halogens is 2. The van der Waals surface area contributed by atoms with E-state index in [1.165, 1.54) is 6.07 Å². The van der Waals surface area contributed by atoms with Gasteiger partial charge < -0.3 is 10.6 Å². The van der Waals surface area contributed by atoms with Crippen molar-refractivity contribution < 1.29 is 4.39 Å². The van der Waals surface area contributed by atoms with Crippen molar-refractivity contribution in [3.63, 3.8) is 0 Å². The van der Waals surface area contributed by atoms with Crippen molar-refractivity contribution in [3.05, 3.63) is 35.6 Å². The second-order valence-electron chi connectivity index (χ2n) is 4.33. The molecular formula is C14H23FIN3. The molecule has 0 aliphatic rings. The van der Waals surface area contributed by atoms with Gasteiger partial charge in [-0.25, -0.2) is 4.39 Å². The number of nitrogens with one attached hydrogen (secondary N) is 2. The molecule has 1 rings (SSSR count). The quantitative estimate of drug-likeness (QED) is 0.469. The first-order valence-corrected chi connectivity index (χ1v) is 6.37. The highest BCUT2D eigenvalue weighted by Crippen LogP contribution is 2.03. The first-order chi connectivity index (χ1) is 8.65. The minimum absolute atomic E-state index is 0. The van der Waals surface area contributed by atoms with Crippen molar-refractivity contribution >= 4 is 29.9 Å². The van der Waals surface area contributed by atoms with Crippen LogP contribution >= 0.6 is 24.0 Å². The van der Waals surface area contributed by atoms with Gasteiger partial charge in [-0.1, -0.05) is 19.1 Å². The minimum Gasteiger partial charge on any atom is -0.356 e. The third-order valence-electron chi connectivity index (χ3n) is 2.81. The van der Waals surface area contributed by atoms with Gasteiger partial charge in [-0.3, -0.25) is 4.99 Å². The zero-order chi connectivity index (χ0) is 13.4. The predicted octanol–water partition coefficient (Wildman–Crippen LogP) is 2.95. The summed E-state index contributed by atoms with van der Waals surface area (Å²) >= 11 is 0. The molecule has 1 unspecified atom stereocenters. The summed E-state index contributed by atoms with van der Waals surface area (Å²) in [6.07, 6.45) is 1.82. The smallest absolute Gasteiger partial charge is 0.191 e. The molecule has 0 aliphatic heterocycles. The van der Waals surface area contributed by atoms with Crippen LogP contribution in [0.3, 0.4) is 0 Å². The molecule has 1 aromatic rings. The molecule has 0 amide bonds. The lowest BCUT2D eigenvalue weighted by molar-refractivity contribution is 0.620. The number of guanidine groups is 1. The summed E-state index contributed by atoms with van der Waals surface area (Å²) in [5.41, 5.74) is 0.987. The summed E-state index contributed by atoms with van der Waals surface area (Å²) in [7, 11) is 1.75.